The molecule has 0 fully saturated rings. The first kappa shape index (κ1) is 21.4. The molecule has 23 heavy (non-hydrogen) atoms. The maximum absolute atomic E-state index is 11.4. The van der Waals surface area contributed by atoms with E-state index in [2.05, 4.69) is 19.9 Å². The quantitative estimate of drug-likeness (QED) is 0.200. The summed E-state index contributed by atoms with van der Waals surface area (Å²) in [5.74, 6) is -0.999. The molecule has 0 N–H and O–H groups in total. The molecule has 0 saturated carbocycles. The molecule has 0 atom stereocenters. The SMILES string of the molecule is CCCCC/C=C\CCOC(=O)/C=C/C(=O)OCCCCCC. The molecule has 0 aromatic heterocycles. The van der Waals surface area contributed by atoms with Crippen molar-refractivity contribution in [3.8, 4) is 0 Å². The fraction of sp³-hybridized carbons (Fsp3) is 0.684. The summed E-state index contributed by atoms with van der Waals surface area (Å²) in [7, 11) is 0. The molecule has 4 heteroatoms. The van der Waals surface area contributed by atoms with Crippen LogP contribution in [-0.2, 0) is 19.1 Å². The minimum Gasteiger partial charge on any atom is -0.463 e. The fourth-order valence-electron chi connectivity index (χ4n) is 1.91. The number of hydrogen-bond donors (Lipinski definition) is 0. The Hall–Kier alpha value is -1.58. The largest absolute Gasteiger partial charge is 0.463 e. The molecule has 0 aromatic carbocycles. The Bertz CT molecular complexity index is 358. The van der Waals surface area contributed by atoms with Gasteiger partial charge in [-0.2, -0.15) is 0 Å². The Kier molecular flexibility index (Phi) is 15.6. The Balaban J connectivity index is 3.58. The predicted molar refractivity (Wildman–Crippen MR) is 93.1 cm³/mol. The minimum atomic E-state index is -0.507. The number of carbonyl (C=O) groups is 2. The number of hydrogen-bond acceptors (Lipinski definition) is 4. The normalized spacial score (nSPS) is 11.2. The van der Waals surface area contributed by atoms with Crippen molar-refractivity contribution >= 4 is 11.9 Å². The zero-order valence-electron chi connectivity index (χ0n) is 14.7. The van der Waals surface area contributed by atoms with Crippen molar-refractivity contribution in [1.29, 1.82) is 0 Å². The van der Waals surface area contributed by atoms with Gasteiger partial charge >= 0.3 is 11.9 Å². The van der Waals surface area contributed by atoms with Crippen LogP contribution in [0, 0.1) is 0 Å². The van der Waals surface area contributed by atoms with E-state index >= 15 is 0 Å². The van der Waals surface area contributed by atoms with E-state index in [1.54, 1.807) is 0 Å². The average molecular weight is 324 g/mol. The summed E-state index contributed by atoms with van der Waals surface area (Å²) < 4.78 is 9.98. The molecular formula is C19H32O4. The fourth-order valence-corrected chi connectivity index (χ4v) is 1.91. The Morgan fingerprint density at radius 3 is 1.91 bits per heavy atom. The third-order valence-corrected chi connectivity index (χ3v) is 3.27. The number of ether oxygens (including phenoxy) is 2. The van der Waals surface area contributed by atoms with Crippen LogP contribution >= 0.6 is 0 Å². The van der Waals surface area contributed by atoms with Gasteiger partial charge in [0, 0.05) is 12.2 Å². The third kappa shape index (κ3) is 16.6. The number of unbranched alkanes of at least 4 members (excludes halogenated alkanes) is 6. The van der Waals surface area contributed by atoms with Crippen LogP contribution in [0.3, 0.4) is 0 Å². The van der Waals surface area contributed by atoms with Gasteiger partial charge in [0.05, 0.1) is 13.2 Å². The van der Waals surface area contributed by atoms with Crippen molar-refractivity contribution in [2.45, 2.75) is 71.6 Å². The van der Waals surface area contributed by atoms with Gasteiger partial charge in [-0.15, -0.1) is 0 Å². The standard InChI is InChI=1S/C19H32O4/c1-3-5-7-9-10-11-13-17-23-19(21)15-14-18(20)22-16-12-8-6-4-2/h10-11,14-15H,3-9,12-13,16-17H2,1-2H3/b11-10-,15-14+. The number of allylic oxidation sites excluding steroid dienone is 1. The lowest BCUT2D eigenvalue weighted by Crippen LogP contribution is -2.05. The summed E-state index contributed by atoms with van der Waals surface area (Å²) in [5, 5.41) is 0. The first-order valence-electron chi connectivity index (χ1n) is 8.87. The van der Waals surface area contributed by atoms with E-state index in [1.165, 1.54) is 19.3 Å². The lowest BCUT2D eigenvalue weighted by molar-refractivity contribution is -0.140. The average Bonchev–Trinajstić information content (AvgIpc) is 2.55. The highest BCUT2D eigenvalue weighted by Gasteiger charge is 2.00. The molecule has 132 valence electrons. The second-order valence-corrected chi connectivity index (χ2v) is 5.48. The molecule has 4 nitrogen and oxygen atoms in total. The van der Waals surface area contributed by atoms with Crippen molar-refractivity contribution in [1.82, 2.24) is 0 Å². The highest BCUT2D eigenvalue weighted by molar-refractivity contribution is 5.91. The van der Waals surface area contributed by atoms with Gasteiger partial charge in [-0.25, -0.2) is 9.59 Å². The zero-order chi connectivity index (χ0) is 17.2. The van der Waals surface area contributed by atoms with Crippen LogP contribution < -0.4 is 0 Å². The summed E-state index contributed by atoms with van der Waals surface area (Å²) in [4.78, 5) is 22.7. The highest BCUT2D eigenvalue weighted by atomic mass is 16.5. The highest BCUT2D eigenvalue weighted by Crippen LogP contribution is 2.01. The van der Waals surface area contributed by atoms with Gasteiger partial charge in [-0.3, -0.25) is 0 Å². The molecule has 0 bridgehead atoms. The molecule has 0 saturated heterocycles. The molecule has 0 aromatic rings. The van der Waals surface area contributed by atoms with Gasteiger partial charge in [-0.05, 0) is 25.7 Å². The van der Waals surface area contributed by atoms with E-state index in [1.807, 2.05) is 6.08 Å². The zero-order valence-corrected chi connectivity index (χ0v) is 14.7. The molecule has 0 heterocycles. The Labute approximate surface area is 140 Å². The molecule has 0 aliphatic heterocycles. The van der Waals surface area contributed by atoms with E-state index < -0.39 is 11.9 Å². The van der Waals surface area contributed by atoms with Gasteiger partial charge in [-0.1, -0.05) is 58.1 Å². The van der Waals surface area contributed by atoms with Crippen molar-refractivity contribution in [2.75, 3.05) is 13.2 Å². The molecule has 0 aliphatic carbocycles. The first-order chi connectivity index (χ1) is 11.2. The van der Waals surface area contributed by atoms with E-state index in [4.69, 9.17) is 9.47 Å². The second kappa shape index (κ2) is 16.8. The summed E-state index contributed by atoms with van der Waals surface area (Å²) in [6, 6.07) is 0. The van der Waals surface area contributed by atoms with Gasteiger partial charge in [0.25, 0.3) is 0 Å². The van der Waals surface area contributed by atoms with Crippen molar-refractivity contribution in [3.63, 3.8) is 0 Å². The molecule has 0 spiro atoms. The third-order valence-electron chi connectivity index (χ3n) is 3.27. The summed E-state index contributed by atoms with van der Waals surface area (Å²) in [6.07, 6.45) is 16.1. The molecule has 0 unspecified atom stereocenters. The lowest BCUT2D eigenvalue weighted by Gasteiger charge is -2.01. The monoisotopic (exact) mass is 324 g/mol. The van der Waals surface area contributed by atoms with E-state index in [0.29, 0.717) is 19.6 Å². The van der Waals surface area contributed by atoms with Crippen molar-refractivity contribution < 1.29 is 19.1 Å². The van der Waals surface area contributed by atoms with Gasteiger partial charge < -0.3 is 9.47 Å². The molecule has 0 aliphatic rings. The number of carbonyl (C=O) groups excluding carboxylic acids is 2. The maximum atomic E-state index is 11.4. The topological polar surface area (TPSA) is 52.6 Å². The smallest absolute Gasteiger partial charge is 0.331 e. The molecule has 0 radical (unpaired) electrons. The van der Waals surface area contributed by atoms with Crippen molar-refractivity contribution in [2.24, 2.45) is 0 Å². The van der Waals surface area contributed by atoms with Crippen LogP contribution in [0.4, 0.5) is 0 Å². The van der Waals surface area contributed by atoms with Crippen LogP contribution in [0.5, 0.6) is 0 Å². The van der Waals surface area contributed by atoms with Gasteiger partial charge in [0.2, 0.25) is 0 Å². The number of rotatable bonds is 14. The van der Waals surface area contributed by atoms with E-state index in [-0.39, 0.29) is 0 Å². The van der Waals surface area contributed by atoms with Gasteiger partial charge in [0.15, 0.2) is 0 Å². The second-order valence-electron chi connectivity index (χ2n) is 5.48. The van der Waals surface area contributed by atoms with E-state index in [0.717, 1.165) is 44.3 Å². The Morgan fingerprint density at radius 2 is 1.26 bits per heavy atom. The Morgan fingerprint density at radius 1 is 0.696 bits per heavy atom. The maximum Gasteiger partial charge on any atom is 0.331 e. The van der Waals surface area contributed by atoms with Crippen molar-refractivity contribution in [3.05, 3.63) is 24.3 Å². The predicted octanol–water partition coefficient (Wildman–Crippen LogP) is 4.74. The van der Waals surface area contributed by atoms with Crippen LogP contribution in [0.15, 0.2) is 24.3 Å². The van der Waals surface area contributed by atoms with Crippen LogP contribution in [0.2, 0.25) is 0 Å². The number of esters is 2. The summed E-state index contributed by atoms with van der Waals surface area (Å²) >= 11 is 0. The van der Waals surface area contributed by atoms with Crippen LogP contribution in [-0.4, -0.2) is 25.2 Å². The molecule has 0 rings (SSSR count). The summed E-state index contributed by atoms with van der Waals surface area (Å²) in [5.41, 5.74) is 0. The lowest BCUT2D eigenvalue weighted by atomic mass is 10.2. The molecule has 0 amide bonds. The van der Waals surface area contributed by atoms with E-state index in [9.17, 15) is 9.59 Å². The van der Waals surface area contributed by atoms with Crippen LogP contribution in [0.1, 0.15) is 71.6 Å². The van der Waals surface area contributed by atoms with Crippen LogP contribution in [0.25, 0.3) is 0 Å². The minimum absolute atomic E-state index is 0.333. The first-order valence-corrected chi connectivity index (χ1v) is 8.87. The summed E-state index contributed by atoms with van der Waals surface area (Å²) in [6.45, 7) is 5.04. The van der Waals surface area contributed by atoms with Gasteiger partial charge in [0.1, 0.15) is 0 Å². The molecular weight excluding hydrogens is 292 g/mol.